The first-order chi connectivity index (χ1) is 17.6. The summed E-state index contributed by atoms with van der Waals surface area (Å²) in [6.45, 7) is -0.417. The van der Waals surface area contributed by atoms with Crippen LogP contribution in [0, 0.1) is 0 Å². The minimum atomic E-state index is -2.60. The van der Waals surface area contributed by atoms with Crippen molar-refractivity contribution in [1.29, 1.82) is 0 Å². The van der Waals surface area contributed by atoms with Crippen molar-refractivity contribution >= 4 is 73.5 Å². The number of carbonyl (C=O) groups is 2. The minimum absolute atomic E-state index is 0.0327. The number of carboxylic acids is 2. The Kier molecular flexibility index (Phi) is 6.68. The molecule has 1 fully saturated rings. The van der Waals surface area contributed by atoms with E-state index in [1.165, 1.54) is 22.2 Å². The molecule has 0 unspecified atom stereocenters. The third-order valence-corrected chi connectivity index (χ3v) is 7.54. The van der Waals surface area contributed by atoms with E-state index in [1.54, 1.807) is 23.6 Å². The summed E-state index contributed by atoms with van der Waals surface area (Å²) in [4.78, 5) is 36.6. The van der Waals surface area contributed by atoms with Gasteiger partial charge in [0.1, 0.15) is 11.6 Å². The third-order valence-electron chi connectivity index (χ3n) is 6.12. The molecule has 194 valence electrons. The summed E-state index contributed by atoms with van der Waals surface area (Å²) < 4.78 is 13.7. The predicted molar refractivity (Wildman–Crippen MR) is 134 cm³/mol. The van der Waals surface area contributed by atoms with Crippen LogP contribution in [0.1, 0.15) is 18.2 Å². The smallest absolute Gasteiger partial charge is 0.348 e. The molecule has 1 aliphatic rings. The van der Waals surface area contributed by atoms with Gasteiger partial charge in [0, 0.05) is 22.6 Å². The van der Waals surface area contributed by atoms with Crippen LogP contribution in [-0.4, -0.2) is 71.2 Å². The average molecular weight is 568 g/mol. The maximum atomic E-state index is 12.3. The number of benzene rings is 1. The number of nitrogens with two attached hydrogens (primary N) is 1. The second kappa shape index (κ2) is 9.67. The van der Waals surface area contributed by atoms with Crippen molar-refractivity contribution in [2.45, 2.75) is 36.9 Å². The topological polar surface area (TPSA) is 183 Å². The van der Waals surface area contributed by atoms with Crippen LogP contribution >= 0.6 is 34.5 Å². The van der Waals surface area contributed by atoms with Crippen molar-refractivity contribution in [2.75, 3.05) is 12.3 Å². The molecule has 15 heteroatoms. The van der Waals surface area contributed by atoms with Crippen LogP contribution < -0.4 is 5.73 Å². The average Bonchev–Trinajstić information content (AvgIpc) is 3.53. The molecule has 1 saturated heterocycles. The Bertz CT molecular complexity index is 1510. The minimum Gasteiger partial charge on any atom is -0.479 e. The number of aliphatic hydroxyl groups excluding tert-OH is 1. The zero-order valence-corrected chi connectivity index (χ0v) is 21.1. The van der Waals surface area contributed by atoms with Gasteiger partial charge in [-0.15, -0.1) is 11.3 Å². The maximum absolute atomic E-state index is 12.3. The molecule has 0 aliphatic carbocycles. The molecule has 0 saturated carbocycles. The number of nitrogens with zero attached hydrogens (tertiary/aromatic N) is 4. The van der Waals surface area contributed by atoms with Crippen molar-refractivity contribution in [2.24, 2.45) is 0 Å². The normalized spacial score (nSPS) is 20.1. The molecule has 0 radical (unpaired) electrons. The van der Waals surface area contributed by atoms with Crippen LogP contribution in [0.5, 0.6) is 0 Å². The van der Waals surface area contributed by atoms with Gasteiger partial charge in [0.05, 0.1) is 19.0 Å². The highest BCUT2D eigenvalue weighted by molar-refractivity contribution is 7.17. The van der Waals surface area contributed by atoms with Crippen LogP contribution in [0.2, 0.25) is 10.3 Å². The number of hydrogen-bond acceptors (Lipinski definition) is 10. The molecule has 5 rings (SSSR count). The second-order valence-corrected chi connectivity index (χ2v) is 10.2. The van der Waals surface area contributed by atoms with Crippen molar-refractivity contribution in [3.8, 4) is 0 Å². The summed E-state index contributed by atoms with van der Waals surface area (Å²) in [5, 5.41) is 33.2. The Labute approximate surface area is 222 Å². The molecule has 37 heavy (non-hydrogen) atoms. The van der Waals surface area contributed by atoms with E-state index >= 15 is 0 Å². The highest BCUT2D eigenvalue weighted by Gasteiger charge is 2.50. The van der Waals surface area contributed by atoms with E-state index in [2.05, 4.69) is 15.0 Å². The fourth-order valence-electron chi connectivity index (χ4n) is 4.30. The lowest BCUT2D eigenvalue weighted by Gasteiger charge is -2.26. The van der Waals surface area contributed by atoms with Crippen molar-refractivity contribution in [1.82, 2.24) is 19.5 Å². The quantitative estimate of drug-likeness (QED) is 0.181. The highest BCUT2D eigenvalue weighted by atomic mass is 35.5. The zero-order valence-electron chi connectivity index (χ0n) is 18.7. The SMILES string of the molecule is Nc1nc(Cl)nc2c1ncn2[C@@H]1O[C@@H](COC(Cc2csc3ccc(Cl)cc23)(C(=O)O)C(=O)O)C[C@@H]1O. The molecule has 0 amide bonds. The lowest BCUT2D eigenvalue weighted by molar-refractivity contribution is -0.188. The summed E-state index contributed by atoms with van der Waals surface area (Å²) in [6.07, 6.45) is -1.93. The molecule has 0 spiro atoms. The molecule has 1 aromatic carbocycles. The van der Waals surface area contributed by atoms with Crippen LogP contribution in [0.4, 0.5) is 5.82 Å². The molecule has 3 aromatic heterocycles. The number of carboxylic acid groups (broad SMARTS) is 2. The largest absolute Gasteiger partial charge is 0.479 e. The van der Waals surface area contributed by atoms with E-state index in [0.29, 0.717) is 16.0 Å². The molecule has 4 heterocycles. The monoisotopic (exact) mass is 567 g/mol. The van der Waals surface area contributed by atoms with E-state index in [0.717, 1.165) is 4.70 Å². The lowest BCUT2D eigenvalue weighted by Crippen LogP contribution is -2.52. The Hall–Kier alpha value is -3.07. The number of aliphatic carboxylic acids is 2. The Morgan fingerprint density at radius 2 is 2.03 bits per heavy atom. The second-order valence-electron chi connectivity index (χ2n) is 8.48. The zero-order chi connectivity index (χ0) is 26.5. The number of nitrogen functional groups attached to an aromatic ring is 1. The van der Waals surface area contributed by atoms with Gasteiger partial charge < -0.3 is 30.5 Å². The van der Waals surface area contributed by atoms with Gasteiger partial charge >= 0.3 is 11.9 Å². The molecule has 4 aromatic rings. The third kappa shape index (κ3) is 4.58. The number of aromatic nitrogens is 4. The number of halogens is 2. The highest BCUT2D eigenvalue weighted by Crippen LogP contribution is 2.35. The Morgan fingerprint density at radius 3 is 2.76 bits per heavy atom. The number of ether oxygens (including phenoxy) is 2. The van der Waals surface area contributed by atoms with Gasteiger partial charge in [-0.1, -0.05) is 11.6 Å². The van der Waals surface area contributed by atoms with Gasteiger partial charge in [-0.05, 0) is 46.1 Å². The molecule has 5 N–H and O–H groups in total. The number of imidazole rings is 1. The number of thiophene rings is 1. The van der Waals surface area contributed by atoms with Gasteiger partial charge in [-0.25, -0.2) is 14.6 Å². The predicted octanol–water partition coefficient (Wildman–Crippen LogP) is 2.75. The van der Waals surface area contributed by atoms with E-state index < -0.39 is 49.0 Å². The molecule has 3 atom stereocenters. The number of hydrogen-bond donors (Lipinski definition) is 4. The van der Waals surface area contributed by atoms with Gasteiger partial charge in [0.25, 0.3) is 5.60 Å². The standard InChI is InChI=1S/C22H19Cl2N5O7S/c23-10-1-2-14-12(3-10)9(7-37-14)5-22(19(31)32,20(33)34)35-6-11-4-13(30)18(36-11)29-8-26-15-16(25)27-21(24)28-17(15)29/h1-3,7-8,11,13,18,30H,4-6H2,(H,31,32)(H,33,34)(H2,25,27,28)/t11-,13+,18-/m1/s1. The van der Waals surface area contributed by atoms with Crippen molar-refractivity contribution < 1.29 is 34.4 Å². The number of aliphatic hydroxyl groups is 1. The molecular formula is C22H19Cl2N5O7S. The van der Waals surface area contributed by atoms with E-state index in [4.69, 9.17) is 38.4 Å². The molecule has 0 bridgehead atoms. The summed E-state index contributed by atoms with van der Waals surface area (Å²) in [7, 11) is 0. The molecule has 1 aliphatic heterocycles. The summed E-state index contributed by atoms with van der Waals surface area (Å²) in [6, 6.07) is 5.12. The maximum Gasteiger partial charge on any atom is 0.348 e. The van der Waals surface area contributed by atoms with Gasteiger partial charge in [0.2, 0.25) is 5.28 Å². The first-order valence-electron chi connectivity index (χ1n) is 10.8. The van der Waals surface area contributed by atoms with Crippen LogP contribution in [0.15, 0.2) is 29.9 Å². The first-order valence-corrected chi connectivity index (χ1v) is 12.5. The Morgan fingerprint density at radius 1 is 1.27 bits per heavy atom. The summed E-state index contributed by atoms with van der Waals surface area (Å²) in [5.41, 5.74) is 4.20. The molecular weight excluding hydrogens is 549 g/mol. The Balaban J connectivity index is 1.37. The fraction of sp³-hybridized carbons (Fsp3) is 0.318. The van der Waals surface area contributed by atoms with E-state index in [9.17, 15) is 24.9 Å². The van der Waals surface area contributed by atoms with Crippen LogP contribution in [-0.2, 0) is 25.5 Å². The first kappa shape index (κ1) is 25.6. The van der Waals surface area contributed by atoms with Gasteiger partial charge in [0.15, 0.2) is 17.7 Å². The van der Waals surface area contributed by atoms with Gasteiger partial charge in [-0.3, -0.25) is 4.57 Å². The van der Waals surface area contributed by atoms with Crippen molar-refractivity contribution in [3.05, 3.63) is 45.8 Å². The number of rotatable bonds is 8. The molecule has 12 nitrogen and oxygen atoms in total. The van der Waals surface area contributed by atoms with Crippen LogP contribution in [0.3, 0.4) is 0 Å². The lowest BCUT2D eigenvalue weighted by atomic mass is 9.94. The van der Waals surface area contributed by atoms with E-state index in [-0.39, 0.29) is 28.7 Å². The number of anilines is 1. The fourth-order valence-corrected chi connectivity index (χ4v) is 5.58. The van der Waals surface area contributed by atoms with Gasteiger partial charge in [-0.2, -0.15) is 9.97 Å². The summed E-state index contributed by atoms with van der Waals surface area (Å²) >= 11 is 13.3. The van der Waals surface area contributed by atoms with E-state index in [1.807, 2.05) is 0 Å². The van der Waals surface area contributed by atoms with Crippen molar-refractivity contribution in [3.63, 3.8) is 0 Å². The summed E-state index contributed by atoms with van der Waals surface area (Å²) in [5.74, 6) is -3.28. The number of fused-ring (bicyclic) bond motifs is 2. The van der Waals surface area contributed by atoms with Crippen LogP contribution in [0.25, 0.3) is 21.3 Å².